The molecule has 0 aliphatic heterocycles. The summed E-state index contributed by atoms with van der Waals surface area (Å²) in [6.45, 7) is 3.33. The van der Waals surface area contributed by atoms with Crippen molar-refractivity contribution in [1.82, 2.24) is 4.98 Å². The number of carbonyl (C=O) groups excluding carboxylic acids is 1. The SMILES string of the molecule is CCc1nc2ccc(OC)cc2c(C(C)=O)c1O. The predicted octanol–water partition coefficient (Wildman–Crippen LogP) is 2.71. The molecule has 1 aromatic carbocycles. The largest absolute Gasteiger partial charge is 0.505 e. The van der Waals surface area contributed by atoms with Crippen molar-refractivity contribution in [2.45, 2.75) is 20.3 Å². The van der Waals surface area contributed by atoms with Gasteiger partial charge in [0.15, 0.2) is 5.78 Å². The lowest BCUT2D eigenvalue weighted by atomic mass is 10.0. The van der Waals surface area contributed by atoms with Gasteiger partial charge in [-0.2, -0.15) is 0 Å². The molecule has 0 amide bonds. The number of rotatable bonds is 3. The molecule has 94 valence electrons. The lowest BCUT2D eigenvalue weighted by molar-refractivity contribution is 0.101. The maximum atomic E-state index is 11.7. The van der Waals surface area contributed by atoms with Gasteiger partial charge in [0.05, 0.1) is 23.9 Å². The molecule has 0 aliphatic carbocycles. The van der Waals surface area contributed by atoms with E-state index in [4.69, 9.17) is 4.74 Å². The number of aryl methyl sites for hydroxylation is 1. The minimum Gasteiger partial charge on any atom is -0.505 e. The fourth-order valence-corrected chi connectivity index (χ4v) is 2.01. The number of Topliss-reactive ketones (excluding diaryl/α,β-unsaturated/α-hetero) is 1. The molecule has 0 spiro atoms. The first kappa shape index (κ1) is 12.4. The second-order valence-electron chi connectivity index (χ2n) is 4.07. The number of aromatic nitrogens is 1. The van der Waals surface area contributed by atoms with Crippen molar-refractivity contribution in [2.24, 2.45) is 0 Å². The summed E-state index contributed by atoms with van der Waals surface area (Å²) >= 11 is 0. The smallest absolute Gasteiger partial charge is 0.164 e. The molecule has 18 heavy (non-hydrogen) atoms. The summed E-state index contributed by atoms with van der Waals surface area (Å²) in [5.74, 6) is 0.434. The number of aromatic hydroxyl groups is 1. The predicted molar refractivity (Wildman–Crippen MR) is 69.3 cm³/mol. The highest BCUT2D eigenvalue weighted by molar-refractivity contribution is 6.09. The van der Waals surface area contributed by atoms with E-state index in [0.29, 0.717) is 34.3 Å². The molecule has 0 bridgehead atoms. The quantitative estimate of drug-likeness (QED) is 0.845. The Morgan fingerprint density at radius 3 is 2.72 bits per heavy atom. The lowest BCUT2D eigenvalue weighted by Crippen LogP contribution is -2.01. The van der Waals surface area contributed by atoms with Crippen LogP contribution in [0.4, 0.5) is 0 Å². The zero-order valence-corrected chi connectivity index (χ0v) is 10.7. The summed E-state index contributed by atoms with van der Waals surface area (Å²) in [4.78, 5) is 16.1. The van der Waals surface area contributed by atoms with Crippen molar-refractivity contribution < 1.29 is 14.6 Å². The van der Waals surface area contributed by atoms with Crippen LogP contribution >= 0.6 is 0 Å². The van der Waals surface area contributed by atoms with Crippen molar-refractivity contribution in [3.63, 3.8) is 0 Å². The van der Waals surface area contributed by atoms with Crippen molar-refractivity contribution >= 4 is 16.7 Å². The Bertz CT molecular complexity index is 620. The minimum absolute atomic E-state index is 0.0225. The molecule has 1 N–H and O–H groups in total. The van der Waals surface area contributed by atoms with Gasteiger partial charge in [-0.1, -0.05) is 6.92 Å². The summed E-state index contributed by atoms with van der Waals surface area (Å²) in [5.41, 5.74) is 1.55. The number of benzene rings is 1. The van der Waals surface area contributed by atoms with Crippen LogP contribution in [-0.2, 0) is 6.42 Å². The molecule has 4 heteroatoms. The van der Waals surface area contributed by atoms with Gasteiger partial charge in [0, 0.05) is 5.39 Å². The average molecular weight is 245 g/mol. The van der Waals surface area contributed by atoms with E-state index < -0.39 is 0 Å². The van der Waals surface area contributed by atoms with Gasteiger partial charge in [-0.25, -0.2) is 4.98 Å². The summed E-state index contributed by atoms with van der Waals surface area (Å²) < 4.78 is 5.13. The van der Waals surface area contributed by atoms with Gasteiger partial charge in [0.1, 0.15) is 11.5 Å². The van der Waals surface area contributed by atoms with Crippen LogP contribution in [-0.4, -0.2) is 23.0 Å². The van der Waals surface area contributed by atoms with Crippen LogP contribution in [0.2, 0.25) is 0 Å². The number of hydrogen-bond acceptors (Lipinski definition) is 4. The van der Waals surface area contributed by atoms with Gasteiger partial charge in [-0.3, -0.25) is 4.79 Å². The van der Waals surface area contributed by atoms with E-state index in [1.807, 2.05) is 6.92 Å². The van der Waals surface area contributed by atoms with E-state index in [-0.39, 0.29) is 11.5 Å². The molecule has 0 aliphatic rings. The third-order valence-corrected chi connectivity index (χ3v) is 2.93. The van der Waals surface area contributed by atoms with Crippen LogP contribution in [0.15, 0.2) is 18.2 Å². The molecule has 0 saturated carbocycles. The van der Waals surface area contributed by atoms with Crippen LogP contribution < -0.4 is 4.74 Å². The average Bonchev–Trinajstić information content (AvgIpc) is 2.36. The number of ketones is 1. The fraction of sp³-hybridized carbons (Fsp3) is 0.286. The molecule has 4 nitrogen and oxygen atoms in total. The summed E-state index contributed by atoms with van der Waals surface area (Å²) in [6.07, 6.45) is 0.577. The summed E-state index contributed by atoms with van der Waals surface area (Å²) in [7, 11) is 1.56. The number of fused-ring (bicyclic) bond motifs is 1. The number of ether oxygens (including phenoxy) is 1. The fourth-order valence-electron chi connectivity index (χ4n) is 2.01. The zero-order chi connectivity index (χ0) is 13.3. The highest BCUT2D eigenvalue weighted by atomic mass is 16.5. The van der Waals surface area contributed by atoms with Gasteiger partial charge in [0.25, 0.3) is 0 Å². The van der Waals surface area contributed by atoms with Crippen molar-refractivity contribution in [1.29, 1.82) is 0 Å². The summed E-state index contributed by atoms with van der Waals surface area (Å²) in [5, 5.41) is 10.7. The van der Waals surface area contributed by atoms with Crippen LogP contribution in [0.1, 0.15) is 29.9 Å². The first-order valence-corrected chi connectivity index (χ1v) is 5.79. The van der Waals surface area contributed by atoms with Crippen LogP contribution in [0, 0.1) is 0 Å². The van der Waals surface area contributed by atoms with Gasteiger partial charge in [-0.05, 0) is 31.5 Å². The van der Waals surface area contributed by atoms with E-state index in [0.717, 1.165) is 0 Å². The molecule has 1 heterocycles. The molecule has 0 saturated heterocycles. The van der Waals surface area contributed by atoms with E-state index >= 15 is 0 Å². The third kappa shape index (κ3) is 1.90. The van der Waals surface area contributed by atoms with Gasteiger partial charge >= 0.3 is 0 Å². The van der Waals surface area contributed by atoms with Crippen LogP contribution in [0.5, 0.6) is 11.5 Å². The Morgan fingerprint density at radius 1 is 1.44 bits per heavy atom. The number of hydrogen-bond donors (Lipinski definition) is 1. The van der Waals surface area contributed by atoms with E-state index in [9.17, 15) is 9.90 Å². The van der Waals surface area contributed by atoms with Gasteiger partial charge < -0.3 is 9.84 Å². The molecule has 0 unspecified atom stereocenters. The second kappa shape index (κ2) is 4.64. The minimum atomic E-state index is -0.178. The highest BCUT2D eigenvalue weighted by Crippen LogP contribution is 2.31. The Labute approximate surface area is 105 Å². The van der Waals surface area contributed by atoms with E-state index in [1.54, 1.807) is 25.3 Å². The Balaban J connectivity index is 2.87. The number of pyridine rings is 1. The zero-order valence-electron chi connectivity index (χ0n) is 10.7. The maximum absolute atomic E-state index is 11.7. The monoisotopic (exact) mass is 245 g/mol. The standard InChI is InChI=1S/C14H15NO3/c1-4-11-14(17)13(8(2)16)10-7-9(18-3)5-6-12(10)15-11/h5-7,17H,4H2,1-3H3. The van der Waals surface area contributed by atoms with Crippen LogP contribution in [0.25, 0.3) is 10.9 Å². The molecular weight excluding hydrogens is 230 g/mol. The van der Waals surface area contributed by atoms with Crippen LogP contribution in [0.3, 0.4) is 0 Å². The number of nitrogens with zero attached hydrogens (tertiary/aromatic N) is 1. The maximum Gasteiger partial charge on any atom is 0.164 e. The summed E-state index contributed by atoms with van der Waals surface area (Å²) in [6, 6.07) is 5.30. The first-order valence-electron chi connectivity index (χ1n) is 5.79. The topological polar surface area (TPSA) is 59.4 Å². The molecule has 1 aromatic heterocycles. The van der Waals surface area contributed by atoms with Crippen molar-refractivity contribution in [2.75, 3.05) is 7.11 Å². The van der Waals surface area contributed by atoms with Crippen molar-refractivity contribution in [3.8, 4) is 11.5 Å². The number of methoxy groups -OCH3 is 1. The van der Waals surface area contributed by atoms with Gasteiger partial charge in [0.2, 0.25) is 0 Å². The molecule has 0 radical (unpaired) electrons. The molecular formula is C14H15NO3. The highest BCUT2D eigenvalue weighted by Gasteiger charge is 2.17. The number of carbonyl (C=O) groups is 1. The van der Waals surface area contributed by atoms with E-state index in [2.05, 4.69) is 4.98 Å². The molecule has 0 atom stereocenters. The Morgan fingerprint density at radius 2 is 2.17 bits per heavy atom. The first-order chi connectivity index (χ1) is 8.58. The molecule has 2 rings (SSSR count). The molecule has 2 aromatic rings. The normalized spacial score (nSPS) is 10.6. The van der Waals surface area contributed by atoms with Gasteiger partial charge in [-0.15, -0.1) is 0 Å². The second-order valence-corrected chi connectivity index (χ2v) is 4.07. The van der Waals surface area contributed by atoms with Crippen molar-refractivity contribution in [3.05, 3.63) is 29.5 Å². The third-order valence-electron chi connectivity index (χ3n) is 2.93. The lowest BCUT2D eigenvalue weighted by Gasteiger charge is -2.11. The Hall–Kier alpha value is -2.10. The molecule has 0 fully saturated rings. The van der Waals surface area contributed by atoms with E-state index in [1.165, 1.54) is 6.92 Å². The Kier molecular flexibility index (Phi) is 3.19.